The third-order valence-electron chi connectivity index (χ3n) is 2.91. The number of nitrogens with one attached hydrogen (secondary N) is 1. The normalized spacial score (nSPS) is 17.7. The van der Waals surface area contributed by atoms with Gasteiger partial charge in [-0.05, 0) is 19.3 Å². The zero-order valence-corrected chi connectivity index (χ0v) is 10.0. The number of carbonyl (C=O) groups excluding carboxylic acids is 1. The number of hydrogen-bond donors (Lipinski definition) is 1. The van der Waals surface area contributed by atoms with E-state index >= 15 is 0 Å². The van der Waals surface area contributed by atoms with E-state index in [9.17, 15) is 4.79 Å². The first-order valence-electron chi connectivity index (χ1n) is 6.26. The van der Waals surface area contributed by atoms with Crippen molar-refractivity contribution in [2.45, 2.75) is 64.8 Å². The second-order valence-corrected chi connectivity index (χ2v) is 4.41. The first-order valence-corrected chi connectivity index (χ1v) is 6.26. The molecular weight excluding hydrogens is 186 g/mol. The lowest BCUT2D eigenvalue weighted by atomic mass is 10.0. The Morgan fingerprint density at radius 1 is 1.27 bits per heavy atom. The fraction of sp³-hybridized carbons (Fsp3) is 0.769. The minimum atomic E-state index is 0.281. The molecule has 0 saturated carbocycles. The Balaban J connectivity index is 2.36. The Hall–Kier alpha value is -0.790. The van der Waals surface area contributed by atoms with Crippen molar-refractivity contribution < 1.29 is 4.79 Å². The van der Waals surface area contributed by atoms with Gasteiger partial charge < -0.3 is 5.32 Å². The van der Waals surface area contributed by atoms with E-state index in [0.29, 0.717) is 12.5 Å². The maximum absolute atomic E-state index is 11.1. The number of carbonyl (C=O) groups is 1. The van der Waals surface area contributed by atoms with Crippen molar-refractivity contribution in [3.8, 4) is 0 Å². The van der Waals surface area contributed by atoms with E-state index in [1.165, 1.54) is 32.1 Å². The summed E-state index contributed by atoms with van der Waals surface area (Å²) < 4.78 is 0. The predicted molar refractivity (Wildman–Crippen MR) is 63.7 cm³/mol. The van der Waals surface area contributed by atoms with Crippen LogP contribution in [0.4, 0.5) is 0 Å². The predicted octanol–water partition coefficient (Wildman–Crippen LogP) is 3.18. The van der Waals surface area contributed by atoms with Gasteiger partial charge in [0.2, 0.25) is 0 Å². The van der Waals surface area contributed by atoms with Crippen LogP contribution in [0.2, 0.25) is 0 Å². The summed E-state index contributed by atoms with van der Waals surface area (Å²) in [6, 6.07) is 0.576. The number of allylic oxidation sites excluding steroid dienone is 2. The summed E-state index contributed by atoms with van der Waals surface area (Å²) in [4.78, 5) is 11.1. The van der Waals surface area contributed by atoms with Gasteiger partial charge in [0.05, 0.1) is 0 Å². The summed E-state index contributed by atoms with van der Waals surface area (Å²) in [5.74, 6) is 0.281. The summed E-state index contributed by atoms with van der Waals surface area (Å²) in [7, 11) is 0. The molecule has 0 amide bonds. The largest absolute Gasteiger partial charge is 0.385 e. The molecule has 0 saturated heterocycles. The highest BCUT2D eigenvalue weighted by molar-refractivity contribution is 5.92. The van der Waals surface area contributed by atoms with Gasteiger partial charge in [-0.2, -0.15) is 0 Å². The summed E-state index contributed by atoms with van der Waals surface area (Å²) in [6.45, 7) is 4.44. The van der Waals surface area contributed by atoms with Crippen LogP contribution in [0.15, 0.2) is 11.8 Å². The molecule has 0 aromatic rings. The van der Waals surface area contributed by atoms with Gasteiger partial charge >= 0.3 is 0 Å². The van der Waals surface area contributed by atoms with Gasteiger partial charge in [-0.3, -0.25) is 4.79 Å². The van der Waals surface area contributed by atoms with E-state index in [1.54, 1.807) is 6.08 Å². The summed E-state index contributed by atoms with van der Waals surface area (Å²) in [5, 5.41) is 3.52. The molecule has 0 heterocycles. The van der Waals surface area contributed by atoms with E-state index in [-0.39, 0.29) is 5.78 Å². The van der Waals surface area contributed by atoms with E-state index < -0.39 is 0 Å². The van der Waals surface area contributed by atoms with Crippen LogP contribution < -0.4 is 5.32 Å². The molecule has 0 spiro atoms. The van der Waals surface area contributed by atoms with Crippen LogP contribution >= 0.6 is 0 Å². The standard InChI is InChI=1S/C13H23NO/c1-3-5-7-11(6-4-2)14-12-8-9-13(15)10-12/h10-11,14H,3-9H2,1-2H3. The third kappa shape index (κ3) is 4.50. The molecule has 0 bridgehead atoms. The maximum Gasteiger partial charge on any atom is 0.157 e. The van der Waals surface area contributed by atoms with Gasteiger partial charge in [0.15, 0.2) is 5.78 Å². The van der Waals surface area contributed by atoms with Gasteiger partial charge in [-0.25, -0.2) is 0 Å². The van der Waals surface area contributed by atoms with E-state index in [0.717, 1.165) is 12.1 Å². The average molecular weight is 209 g/mol. The van der Waals surface area contributed by atoms with Crippen molar-refractivity contribution >= 4 is 5.78 Å². The first-order chi connectivity index (χ1) is 7.26. The number of hydrogen-bond acceptors (Lipinski definition) is 2. The third-order valence-corrected chi connectivity index (χ3v) is 2.91. The molecule has 0 fully saturated rings. The Bertz CT molecular complexity index is 233. The SMILES string of the molecule is CCCCC(CCC)NC1=CC(=O)CC1. The van der Waals surface area contributed by atoms with Crippen molar-refractivity contribution in [2.24, 2.45) is 0 Å². The molecule has 1 atom stereocenters. The van der Waals surface area contributed by atoms with Crippen molar-refractivity contribution in [3.63, 3.8) is 0 Å². The highest BCUT2D eigenvalue weighted by atomic mass is 16.1. The highest BCUT2D eigenvalue weighted by Crippen LogP contribution is 2.16. The molecule has 15 heavy (non-hydrogen) atoms. The van der Waals surface area contributed by atoms with Crippen LogP contribution in [0.1, 0.15) is 58.8 Å². The molecule has 86 valence electrons. The molecule has 2 nitrogen and oxygen atoms in total. The van der Waals surface area contributed by atoms with Gasteiger partial charge in [-0.1, -0.05) is 33.1 Å². The fourth-order valence-electron chi connectivity index (χ4n) is 2.06. The van der Waals surface area contributed by atoms with Crippen molar-refractivity contribution in [1.29, 1.82) is 0 Å². The zero-order chi connectivity index (χ0) is 11.1. The smallest absolute Gasteiger partial charge is 0.157 e. The summed E-state index contributed by atoms with van der Waals surface area (Å²) in [5.41, 5.74) is 1.16. The first kappa shape index (κ1) is 12.3. The van der Waals surface area contributed by atoms with E-state index in [2.05, 4.69) is 19.2 Å². The minimum absolute atomic E-state index is 0.281. The van der Waals surface area contributed by atoms with Crippen LogP contribution in [-0.4, -0.2) is 11.8 Å². The molecule has 1 aliphatic carbocycles. The van der Waals surface area contributed by atoms with Crippen molar-refractivity contribution in [1.82, 2.24) is 5.32 Å². The molecule has 0 aliphatic heterocycles. The van der Waals surface area contributed by atoms with Gasteiger partial charge in [0.25, 0.3) is 0 Å². The molecule has 0 aromatic heterocycles. The zero-order valence-electron chi connectivity index (χ0n) is 10.0. The fourth-order valence-corrected chi connectivity index (χ4v) is 2.06. The van der Waals surface area contributed by atoms with Gasteiger partial charge in [0, 0.05) is 24.2 Å². The molecule has 1 N–H and O–H groups in total. The van der Waals surface area contributed by atoms with Crippen molar-refractivity contribution in [2.75, 3.05) is 0 Å². The Kier molecular flexibility index (Phi) is 5.44. The topological polar surface area (TPSA) is 29.1 Å². The summed E-state index contributed by atoms with van der Waals surface area (Å²) >= 11 is 0. The second-order valence-electron chi connectivity index (χ2n) is 4.41. The summed E-state index contributed by atoms with van der Waals surface area (Å²) in [6.07, 6.45) is 9.59. The maximum atomic E-state index is 11.1. The molecule has 1 unspecified atom stereocenters. The van der Waals surface area contributed by atoms with Crippen LogP contribution in [-0.2, 0) is 4.79 Å². The Morgan fingerprint density at radius 2 is 2.07 bits per heavy atom. The second kappa shape index (κ2) is 6.65. The monoisotopic (exact) mass is 209 g/mol. The molecule has 1 aliphatic rings. The molecule has 0 radical (unpaired) electrons. The van der Waals surface area contributed by atoms with Gasteiger partial charge in [-0.15, -0.1) is 0 Å². The van der Waals surface area contributed by atoms with Crippen LogP contribution in [0.25, 0.3) is 0 Å². The Morgan fingerprint density at radius 3 is 2.60 bits per heavy atom. The lowest BCUT2D eigenvalue weighted by Gasteiger charge is -2.19. The number of rotatable bonds is 7. The van der Waals surface area contributed by atoms with E-state index in [4.69, 9.17) is 0 Å². The molecule has 0 aromatic carbocycles. The quantitative estimate of drug-likeness (QED) is 0.697. The van der Waals surface area contributed by atoms with Crippen LogP contribution in [0.5, 0.6) is 0 Å². The molecule has 2 heteroatoms. The number of unbranched alkanes of at least 4 members (excludes halogenated alkanes) is 1. The molecular formula is C13H23NO. The highest BCUT2D eigenvalue weighted by Gasteiger charge is 2.15. The van der Waals surface area contributed by atoms with E-state index in [1.807, 2.05) is 0 Å². The Labute approximate surface area is 93.1 Å². The van der Waals surface area contributed by atoms with Gasteiger partial charge in [0.1, 0.15) is 0 Å². The van der Waals surface area contributed by atoms with Crippen LogP contribution in [0, 0.1) is 0 Å². The lowest BCUT2D eigenvalue weighted by molar-refractivity contribution is -0.114. The van der Waals surface area contributed by atoms with Crippen molar-refractivity contribution in [3.05, 3.63) is 11.8 Å². The average Bonchev–Trinajstić information content (AvgIpc) is 2.61. The molecule has 1 rings (SSSR count). The minimum Gasteiger partial charge on any atom is -0.385 e. The number of ketones is 1. The lowest BCUT2D eigenvalue weighted by Crippen LogP contribution is -2.27. The van der Waals surface area contributed by atoms with Crippen LogP contribution in [0.3, 0.4) is 0 Å².